The number of benzene rings is 1. The van der Waals surface area contributed by atoms with E-state index >= 15 is 0 Å². The summed E-state index contributed by atoms with van der Waals surface area (Å²) in [5, 5.41) is 0. The summed E-state index contributed by atoms with van der Waals surface area (Å²) in [6.07, 6.45) is 0.917. The Hall–Kier alpha value is -1.31. The van der Waals surface area contributed by atoms with E-state index in [1.807, 2.05) is 13.8 Å². The molecular weight excluding hydrogens is 210 g/mol. The summed E-state index contributed by atoms with van der Waals surface area (Å²) in [5.74, 6) is -0.0510. The lowest BCUT2D eigenvalue weighted by molar-refractivity contribution is -0.127. The van der Waals surface area contributed by atoms with Gasteiger partial charge in [0.2, 0.25) is 5.91 Å². The molecule has 1 amide bonds. The number of hydrogen-bond donors (Lipinski definition) is 1. The fourth-order valence-corrected chi connectivity index (χ4v) is 2.51. The molecular formula is C15H23NO. The van der Waals surface area contributed by atoms with Crippen molar-refractivity contribution in [2.75, 3.05) is 0 Å². The Kier molecular flexibility index (Phi) is 3.97. The average molecular weight is 233 g/mol. The maximum absolute atomic E-state index is 11.6. The molecule has 0 spiro atoms. The van der Waals surface area contributed by atoms with Gasteiger partial charge in [0.15, 0.2) is 0 Å². The first-order valence-corrected chi connectivity index (χ1v) is 6.17. The summed E-state index contributed by atoms with van der Waals surface area (Å²) in [6.45, 7) is 10.2. The van der Waals surface area contributed by atoms with Crippen LogP contribution in [0.15, 0.2) is 18.2 Å². The number of carbonyl (C=O) groups is 1. The zero-order valence-electron chi connectivity index (χ0n) is 11.5. The van der Waals surface area contributed by atoms with Crippen LogP contribution in [-0.2, 0) is 4.79 Å². The van der Waals surface area contributed by atoms with E-state index in [0.717, 1.165) is 6.42 Å². The van der Waals surface area contributed by atoms with Crippen LogP contribution in [0.3, 0.4) is 0 Å². The van der Waals surface area contributed by atoms with Crippen molar-refractivity contribution >= 4 is 5.91 Å². The van der Waals surface area contributed by atoms with Gasteiger partial charge in [-0.25, -0.2) is 0 Å². The van der Waals surface area contributed by atoms with Crippen LogP contribution in [0.5, 0.6) is 0 Å². The first kappa shape index (κ1) is 13.8. The van der Waals surface area contributed by atoms with Crippen molar-refractivity contribution in [2.45, 2.75) is 47.0 Å². The third kappa shape index (κ3) is 2.68. The quantitative estimate of drug-likeness (QED) is 0.851. The van der Waals surface area contributed by atoms with E-state index in [0.29, 0.717) is 0 Å². The summed E-state index contributed by atoms with van der Waals surface area (Å²) in [5.41, 5.74) is 8.75. The molecule has 2 heteroatoms. The second kappa shape index (κ2) is 4.91. The molecule has 1 rings (SSSR count). The van der Waals surface area contributed by atoms with Crippen LogP contribution in [0.25, 0.3) is 0 Å². The molecule has 0 aromatic heterocycles. The Bertz CT molecular complexity index is 421. The van der Waals surface area contributed by atoms with Crippen LogP contribution >= 0.6 is 0 Å². The lowest BCUT2D eigenvalue weighted by Gasteiger charge is -2.32. The van der Waals surface area contributed by atoms with Crippen molar-refractivity contribution in [3.05, 3.63) is 34.9 Å². The van der Waals surface area contributed by atoms with Crippen molar-refractivity contribution in [3.8, 4) is 0 Å². The van der Waals surface area contributed by atoms with E-state index in [1.54, 1.807) is 0 Å². The number of rotatable bonds is 4. The number of carbonyl (C=O) groups excluding carboxylic acids is 1. The van der Waals surface area contributed by atoms with Gasteiger partial charge in [-0.2, -0.15) is 0 Å². The third-order valence-corrected chi connectivity index (χ3v) is 3.72. The van der Waals surface area contributed by atoms with Crippen LogP contribution in [0.2, 0.25) is 0 Å². The number of aryl methyl sites for hydroxylation is 2. The normalized spacial score (nSPS) is 13.5. The molecule has 0 aliphatic carbocycles. The van der Waals surface area contributed by atoms with Gasteiger partial charge in [-0.15, -0.1) is 0 Å². The van der Waals surface area contributed by atoms with E-state index in [9.17, 15) is 4.79 Å². The topological polar surface area (TPSA) is 43.1 Å². The molecule has 1 aromatic carbocycles. The van der Waals surface area contributed by atoms with Gasteiger partial charge in [-0.1, -0.05) is 44.5 Å². The highest BCUT2D eigenvalue weighted by atomic mass is 16.1. The Morgan fingerprint density at radius 2 is 1.94 bits per heavy atom. The standard InChI is InChI=1S/C15H23NO/c1-6-13(15(4,5)14(16)17)12-8-7-10(2)9-11(12)3/h7-9,13H,6H2,1-5H3,(H2,16,17). The van der Waals surface area contributed by atoms with Crippen LogP contribution in [0, 0.1) is 19.3 Å². The molecule has 1 atom stereocenters. The van der Waals surface area contributed by atoms with Crippen molar-refractivity contribution in [2.24, 2.45) is 11.1 Å². The van der Waals surface area contributed by atoms with E-state index in [2.05, 4.69) is 39.0 Å². The van der Waals surface area contributed by atoms with Gasteiger partial charge in [0.1, 0.15) is 0 Å². The number of primary amides is 1. The number of nitrogens with two attached hydrogens (primary N) is 1. The van der Waals surface area contributed by atoms with Crippen molar-refractivity contribution in [1.82, 2.24) is 0 Å². The van der Waals surface area contributed by atoms with Gasteiger partial charge in [-0.3, -0.25) is 4.79 Å². The van der Waals surface area contributed by atoms with E-state index in [4.69, 9.17) is 5.73 Å². The number of hydrogen-bond acceptors (Lipinski definition) is 1. The smallest absolute Gasteiger partial charge is 0.223 e. The second-order valence-corrected chi connectivity index (χ2v) is 5.41. The van der Waals surface area contributed by atoms with Gasteiger partial charge < -0.3 is 5.73 Å². The van der Waals surface area contributed by atoms with E-state index in [-0.39, 0.29) is 11.8 Å². The molecule has 0 saturated heterocycles. The minimum Gasteiger partial charge on any atom is -0.369 e. The van der Waals surface area contributed by atoms with Crippen molar-refractivity contribution in [1.29, 1.82) is 0 Å². The van der Waals surface area contributed by atoms with Crippen LogP contribution in [0.1, 0.15) is 49.8 Å². The van der Waals surface area contributed by atoms with Gasteiger partial charge in [-0.05, 0) is 37.3 Å². The fourth-order valence-electron chi connectivity index (χ4n) is 2.51. The predicted octanol–water partition coefficient (Wildman–Crippen LogP) is 3.31. The van der Waals surface area contributed by atoms with Gasteiger partial charge in [0, 0.05) is 0 Å². The molecule has 0 fully saturated rings. The molecule has 2 N–H and O–H groups in total. The minimum absolute atomic E-state index is 0.181. The molecule has 1 unspecified atom stereocenters. The SMILES string of the molecule is CCC(c1ccc(C)cc1C)C(C)(C)C(N)=O. The molecule has 2 nitrogen and oxygen atoms in total. The van der Waals surface area contributed by atoms with Crippen LogP contribution in [0.4, 0.5) is 0 Å². The molecule has 17 heavy (non-hydrogen) atoms. The molecule has 94 valence electrons. The van der Waals surface area contributed by atoms with Crippen LogP contribution < -0.4 is 5.73 Å². The Balaban J connectivity index is 3.23. The maximum atomic E-state index is 11.6. The summed E-state index contributed by atoms with van der Waals surface area (Å²) < 4.78 is 0. The van der Waals surface area contributed by atoms with E-state index < -0.39 is 5.41 Å². The molecule has 0 radical (unpaired) electrons. The Morgan fingerprint density at radius 3 is 2.35 bits per heavy atom. The molecule has 0 bridgehead atoms. The van der Waals surface area contributed by atoms with Gasteiger partial charge >= 0.3 is 0 Å². The largest absolute Gasteiger partial charge is 0.369 e. The summed E-state index contributed by atoms with van der Waals surface area (Å²) in [7, 11) is 0. The molecule has 0 saturated carbocycles. The lowest BCUT2D eigenvalue weighted by Crippen LogP contribution is -2.37. The second-order valence-electron chi connectivity index (χ2n) is 5.41. The maximum Gasteiger partial charge on any atom is 0.223 e. The third-order valence-electron chi connectivity index (χ3n) is 3.72. The monoisotopic (exact) mass is 233 g/mol. The van der Waals surface area contributed by atoms with Crippen molar-refractivity contribution in [3.63, 3.8) is 0 Å². The Labute approximate surface area is 104 Å². The average Bonchev–Trinajstić information content (AvgIpc) is 2.21. The first-order valence-electron chi connectivity index (χ1n) is 6.17. The molecule has 0 aliphatic rings. The predicted molar refractivity (Wildman–Crippen MR) is 71.9 cm³/mol. The highest BCUT2D eigenvalue weighted by molar-refractivity contribution is 5.81. The first-order chi connectivity index (χ1) is 7.80. The summed E-state index contributed by atoms with van der Waals surface area (Å²) in [4.78, 5) is 11.6. The molecule has 0 aliphatic heterocycles. The lowest BCUT2D eigenvalue weighted by atomic mass is 9.72. The van der Waals surface area contributed by atoms with Crippen LogP contribution in [-0.4, -0.2) is 5.91 Å². The van der Waals surface area contributed by atoms with Crippen molar-refractivity contribution < 1.29 is 4.79 Å². The number of amides is 1. The van der Waals surface area contributed by atoms with Gasteiger partial charge in [0.05, 0.1) is 5.41 Å². The minimum atomic E-state index is -0.505. The van der Waals surface area contributed by atoms with Gasteiger partial charge in [0.25, 0.3) is 0 Å². The highest BCUT2D eigenvalue weighted by Crippen LogP contribution is 2.39. The zero-order valence-corrected chi connectivity index (χ0v) is 11.5. The fraction of sp³-hybridized carbons (Fsp3) is 0.533. The zero-order chi connectivity index (χ0) is 13.2. The van der Waals surface area contributed by atoms with E-state index in [1.165, 1.54) is 16.7 Å². The summed E-state index contributed by atoms with van der Waals surface area (Å²) in [6, 6.07) is 6.39. The summed E-state index contributed by atoms with van der Waals surface area (Å²) >= 11 is 0. The Morgan fingerprint density at radius 1 is 1.35 bits per heavy atom. The highest BCUT2D eigenvalue weighted by Gasteiger charge is 2.35. The molecule has 0 heterocycles. The molecule has 1 aromatic rings.